The van der Waals surface area contributed by atoms with Gasteiger partial charge in [-0.1, -0.05) is 24.6 Å². The van der Waals surface area contributed by atoms with E-state index in [1.165, 1.54) is 18.2 Å². The number of aryl methyl sites for hydroxylation is 1. The molecule has 1 heterocycles. The number of aromatic nitrogens is 2. The highest BCUT2D eigenvalue weighted by Crippen LogP contribution is 2.56. The Morgan fingerprint density at radius 3 is 2.72 bits per heavy atom. The summed E-state index contributed by atoms with van der Waals surface area (Å²) in [6, 6.07) is 11.1. The predicted octanol–water partition coefficient (Wildman–Crippen LogP) is 5.36. The Labute approximate surface area is 209 Å². The number of fused-ring (bicyclic) bond motifs is 2. The summed E-state index contributed by atoms with van der Waals surface area (Å²) in [4.78, 5) is 12.0. The second-order valence-corrected chi connectivity index (χ2v) is 10.0. The first kappa shape index (κ1) is 24.4. The number of aliphatic hydroxyl groups is 1. The zero-order valence-corrected chi connectivity index (χ0v) is 20.6. The highest BCUT2D eigenvalue weighted by molar-refractivity contribution is 5.73. The van der Waals surface area contributed by atoms with Gasteiger partial charge in [-0.3, -0.25) is 4.79 Å². The van der Waals surface area contributed by atoms with E-state index >= 15 is 0 Å². The van der Waals surface area contributed by atoms with E-state index in [-0.39, 0.29) is 18.8 Å². The van der Waals surface area contributed by atoms with E-state index in [2.05, 4.69) is 18.1 Å². The minimum atomic E-state index is -0.984. The molecule has 1 aromatic heterocycles. The van der Waals surface area contributed by atoms with Crippen LogP contribution in [0.5, 0.6) is 0 Å². The summed E-state index contributed by atoms with van der Waals surface area (Å²) >= 11 is 0. The molecule has 1 saturated carbocycles. The molecule has 5 rings (SSSR count). The van der Waals surface area contributed by atoms with Gasteiger partial charge in [-0.05, 0) is 86.6 Å². The van der Waals surface area contributed by atoms with E-state index in [1.807, 2.05) is 16.9 Å². The number of hydrogen-bond acceptors (Lipinski definition) is 4. The lowest BCUT2D eigenvalue weighted by molar-refractivity contribution is -0.142. The molecule has 2 aromatic carbocycles. The maximum atomic E-state index is 14.6. The lowest BCUT2D eigenvalue weighted by Crippen LogP contribution is -2.45. The van der Waals surface area contributed by atoms with Crippen molar-refractivity contribution in [3.8, 4) is 5.69 Å². The number of carbonyl (C=O) groups is 1. The van der Waals surface area contributed by atoms with Crippen LogP contribution in [0.25, 0.3) is 11.8 Å². The summed E-state index contributed by atoms with van der Waals surface area (Å²) in [5.74, 6) is -1.19. The van der Waals surface area contributed by atoms with Crippen molar-refractivity contribution in [3.63, 3.8) is 0 Å². The Balaban J connectivity index is 1.39. The summed E-state index contributed by atoms with van der Waals surface area (Å²) in [6.45, 7) is 4.06. The summed E-state index contributed by atoms with van der Waals surface area (Å²) in [5.41, 5.74) is 3.52. The molecule has 0 spiro atoms. The van der Waals surface area contributed by atoms with Gasteiger partial charge < -0.3 is 9.84 Å². The fraction of sp³-hybridized carbons (Fsp3) is 0.379. The number of esters is 1. The van der Waals surface area contributed by atoms with Gasteiger partial charge in [0.25, 0.3) is 0 Å². The predicted molar refractivity (Wildman–Crippen MR) is 133 cm³/mol. The van der Waals surface area contributed by atoms with E-state index < -0.39 is 22.8 Å². The first-order valence-electron chi connectivity index (χ1n) is 12.4. The number of benzene rings is 2. The number of carbonyl (C=O) groups excluding carboxylic acids is 1. The van der Waals surface area contributed by atoms with Crippen LogP contribution in [-0.2, 0) is 28.8 Å². The zero-order chi connectivity index (χ0) is 25.5. The third-order valence-electron chi connectivity index (χ3n) is 8.01. The molecule has 0 aliphatic heterocycles. The minimum Gasteiger partial charge on any atom is -0.466 e. The molecule has 5 nitrogen and oxygen atoms in total. The normalized spacial score (nSPS) is 22.6. The summed E-state index contributed by atoms with van der Waals surface area (Å²) < 4.78 is 34.9. The van der Waals surface area contributed by atoms with E-state index in [0.29, 0.717) is 31.2 Å². The van der Waals surface area contributed by atoms with E-state index in [1.54, 1.807) is 25.1 Å². The second kappa shape index (κ2) is 9.28. The SMILES string of the molecule is CCOC(=O)Cc1c(F)cccc1CCC1(O)CCC2=Cc3c(cnn3-c3ccc(F)cc3)CC21C. The van der Waals surface area contributed by atoms with Crippen LogP contribution in [0.3, 0.4) is 0 Å². The minimum absolute atomic E-state index is 0.122. The van der Waals surface area contributed by atoms with E-state index in [9.17, 15) is 18.7 Å². The highest BCUT2D eigenvalue weighted by atomic mass is 19.1. The number of ether oxygens (including phenoxy) is 1. The van der Waals surface area contributed by atoms with Crippen molar-refractivity contribution in [2.45, 2.75) is 58.0 Å². The van der Waals surface area contributed by atoms with Crippen molar-refractivity contribution in [1.82, 2.24) is 9.78 Å². The van der Waals surface area contributed by atoms with Crippen molar-refractivity contribution >= 4 is 12.0 Å². The Bertz CT molecular complexity index is 1330. The number of hydrogen-bond donors (Lipinski definition) is 1. The quantitative estimate of drug-likeness (QED) is 0.451. The Kier molecular flexibility index (Phi) is 6.29. The largest absolute Gasteiger partial charge is 0.466 e. The van der Waals surface area contributed by atoms with Crippen LogP contribution < -0.4 is 0 Å². The Hall–Kier alpha value is -3.32. The van der Waals surface area contributed by atoms with Gasteiger partial charge in [-0.15, -0.1) is 0 Å². The van der Waals surface area contributed by atoms with Crippen LogP contribution in [0.2, 0.25) is 0 Å². The molecule has 1 N–H and O–H groups in total. The molecule has 2 aliphatic rings. The first-order chi connectivity index (χ1) is 17.2. The number of rotatable bonds is 7. The van der Waals surface area contributed by atoms with Gasteiger partial charge >= 0.3 is 5.97 Å². The molecule has 2 aliphatic carbocycles. The second-order valence-electron chi connectivity index (χ2n) is 10.0. The van der Waals surface area contributed by atoms with Crippen LogP contribution in [0.15, 0.2) is 54.2 Å². The Morgan fingerprint density at radius 1 is 1.19 bits per heavy atom. The zero-order valence-electron chi connectivity index (χ0n) is 20.6. The molecule has 7 heteroatoms. The molecule has 1 fully saturated rings. The molecule has 0 radical (unpaired) electrons. The average Bonchev–Trinajstić information content (AvgIpc) is 3.36. The van der Waals surface area contributed by atoms with Gasteiger partial charge in [0.05, 0.1) is 36.2 Å². The topological polar surface area (TPSA) is 64.3 Å². The van der Waals surface area contributed by atoms with Crippen molar-refractivity contribution in [2.24, 2.45) is 5.41 Å². The van der Waals surface area contributed by atoms with Crippen molar-refractivity contribution in [3.05, 3.63) is 88.3 Å². The molecule has 0 bridgehead atoms. The van der Waals surface area contributed by atoms with Crippen molar-refractivity contribution < 1.29 is 23.4 Å². The van der Waals surface area contributed by atoms with Crippen molar-refractivity contribution in [1.29, 1.82) is 0 Å². The van der Waals surface area contributed by atoms with Crippen LogP contribution >= 0.6 is 0 Å². The van der Waals surface area contributed by atoms with Crippen LogP contribution in [0, 0.1) is 17.0 Å². The summed E-state index contributed by atoms with van der Waals surface area (Å²) in [6.07, 6.45) is 6.69. The van der Waals surface area contributed by atoms with E-state index in [4.69, 9.17) is 4.74 Å². The monoisotopic (exact) mass is 492 g/mol. The van der Waals surface area contributed by atoms with Gasteiger partial charge in [0.1, 0.15) is 11.6 Å². The molecule has 188 valence electrons. The summed E-state index contributed by atoms with van der Waals surface area (Å²) in [7, 11) is 0. The molecule has 0 amide bonds. The Morgan fingerprint density at radius 2 is 1.97 bits per heavy atom. The third kappa shape index (κ3) is 4.15. The summed E-state index contributed by atoms with van der Waals surface area (Å²) in [5, 5.41) is 16.5. The van der Waals surface area contributed by atoms with E-state index in [0.717, 1.165) is 34.5 Å². The third-order valence-corrected chi connectivity index (χ3v) is 8.01. The lowest BCUT2D eigenvalue weighted by atomic mass is 9.65. The fourth-order valence-electron chi connectivity index (χ4n) is 5.85. The van der Waals surface area contributed by atoms with Gasteiger partial charge in [-0.25, -0.2) is 13.5 Å². The van der Waals surface area contributed by atoms with Crippen LogP contribution in [-0.4, -0.2) is 33.1 Å². The van der Waals surface area contributed by atoms with Crippen LogP contribution in [0.4, 0.5) is 8.78 Å². The molecular weight excluding hydrogens is 462 g/mol. The van der Waals surface area contributed by atoms with Gasteiger partial charge in [-0.2, -0.15) is 5.10 Å². The number of nitrogens with zero attached hydrogens (tertiary/aromatic N) is 2. The lowest BCUT2D eigenvalue weighted by Gasteiger charge is -2.42. The molecular formula is C29H30F2N2O3. The maximum absolute atomic E-state index is 14.6. The van der Waals surface area contributed by atoms with Crippen molar-refractivity contribution in [2.75, 3.05) is 6.61 Å². The molecule has 2 atom stereocenters. The van der Waals surface area contributed by atoms with Gasteiger partial charge in [0.15, 0.2) is 0 Å². The molecule has 3 aromatic rings. The standard InChI is InChI=1S/C29H30F2N2O3/c1-3-36-27(34)16-24-19(5-4-6-25(24)31)11-13-29(35)14-12-21-15-26-20(17-28(21,29)2)18-32-33(26)23-9-7-22(30)8-10-23/h4-10,15,18,35H,3,11-14,16-17H2,1-2H3. The van der Waals surface area contributed by atoms with Gasteiger partial charge in [0.2, 0.25) is 0 Å². The fourth-order valence-corrected chi connectivity index (χ4v) is 5.85. The highest BCUT2D eigenvalue weighted by Gasteiger charge is 2.54. The molecule has 2 unspecified atom stereocenters. The molecule has 36 heavy (non-hydrogen) atoms. The van der Waals surface area contributed by atoms with Gasteiger partial charge in [0, 0.05) is 11.0 Å². The number of halogens is 2. The first-order valence-corrected chi connectivity index (χ1v) is 12.4. The maximum Gasteiger partial charge on any atom is 0.310 e. The smallest absolute Gasteiger partial charge is 0.310 e. The average molecular weight is 493 g/mol. The van der Waals surface area contributed by atoms with Crippen LogP contribution in [0.1, 0.15) is 55.5 Å². The molecule has 0 saturated heterocycles.